The van der Waals surface area contributed by atoms with Gasteiger partial charge in [0.2, 0.25) is 0 Å². The molecule has 0 spiro atoms. The van der Waals surface area contributed by atoms with Crippen LogP contribution in [0.4, 0.5) is 0 Å². The van der Waals surface area contributed by atoms with Crippen LogP contribution in [0.5, 0.6) is 0 Å². The lowest BCUT2D eigenvalue weighted by molar-refractivity contribution is -0.122. The maximum atomic E-state index is 12.9. The molecule has 2 aliphatic carbocycles. The van der Waals surface area contributed by atoms with Crippen LogP contribution in [0.1, 0.15) is 33.6 Å². The fourth-order valence-electron chi connectivity index (χ4n) is 4.38. The number of thioether (sulfide) groups is 1. The van der Waals surface area contributed by atoms with E-state index in [9.17, 15) is 4.79 Å². The van der Waals surface area contributed by atoms with Crippen molar-refractivity contribution in [2.24, 2.45) is 16.7 Å². The van der Waals surface area contributed by atoms with Crippen LogP contribution in [0.3, 0.4) is 0 Å². The van der Waals surface area contributed by atoms with Gasteiger partial charge in [0.1, 0.15) is 10.8 Å². The first-order valence-corrected chi connectivity index (χ1v) is 8.74. The zero-order valence-corrected chi connectivity index (χ0v) is 14.0. The largest absolute Gasteiger partial charge is 0.298 e. The Balaban J connectivity index is 1.76. The van der Waals surface area contributed by atoms with Crippen molar-refractivity contribution in [3.05, 3.63) is 30.5 Å². The number of fused-ring (bicyclic) bond motifs is 3. The molecular weight excluding hydrogens is 292 g/mol. The van der Waals surface area contributed by atoms with E-state index in [-0.39, 0.29) is 22.0 Å². The number of hydrogen-bond donors (Lipinski definition) is 0. The van der Waals surface area contributed by atoms with E-state index in [1.165, 1.54) is 0 Å². The predicted octanol–water partition coefficient (Wildman–Crippen LogP) is 4.12. The second-order valence-corrected chi connectivity index (χ2v) is 8.46. The van der Waals surface area contributed by atoms with Gasteiger partial charge in [-0.2, -0.15) is 5.10 Å². The number of aromatic nitrogens is 2. The fraction of sp³-hybridized carbons (Fsp3) is 0.500. The molecule has 0 unspecified atom stereocenters. The summed E-state index contributed by atoms with van der Waals surface area (Å²) in [6, 6.07) is 8.13. The van der Waals surface area contributed by atoms with Crippen LogP contribution >= 0.6 is 11.8 Å². The highest BCUT2D eigenvalue weighted by Gasteiger charge is 2.66. The van der Waals surface area contributed by atoms with Gasteiger partial charge < -0.3 is 0 Å². The SMILES string of the molecule is CC1(C)[C@@H]2CC[C@]1(C)[C@H](Sc1nncc3ccccc13)C2=O. The summed E-state index contributed by atoms with van der Waals surface area (Å²) in [6.45, 7) is 6.81. The molecule has 1 aromatic heterocycles. The lowest BCUT2D eigenvalue weighted by atomic mass is 9.71. The molecular formula is C18H20N2OS. The average molecular weight is 312 g/mol. The van der Waals surface area contributed by atoms with Crippen molar-refractivity contribution in [1.29, 1.82) is 0 Å². The van der Waals surface area contributed by atoms with Crippen molar-refractivity contribution >= 4 is 28.3 Å². The highest BCUT2D eigenvalue weighted by Crippen LogP contribution is 2.67. The Bertz CT molecular complexity index is 767. The Labute approximate surface area is 134 Å². The zero-order chi connectivity index (χ0) is 15.5. The Morgan fingerprint density at radius 1 is 1.23 bits per heavy atom. The molecule has 114 valence electrons. The van der Waals surface area contributed by atoms with E-state index in [0.29, 0.717) is 5.78 Å². The Morgan fingerprint density at radius 3 is 2.73 bits per heavy atom. The third-order valence-electron chi connectivity index (χ3n) is 6.24. The molecule has 0 amide bonds. The molecule has 4 rings (SSSR count). The summed E-state index contributed by atoms with van der Waals surface area (Å²) in [5, 5.41) is 11.5. The van der Waals surface area contributed by atoms with E-state index in [2.05, 4.69) is 37.0 Å². The van der Waals surface area contributed by atoms with Gasteiger partial charge in [0.15, 0.2) is 0 Å². The minimum atomic E-state index is 0.00126. The fourth-order valence-corrected chi connectivity index (χ4v) is 5.97. The highest BCUT2D eigenvalue weighted by molar-refractivity contribution is 8.00. The van der Waals surface area contributed by atoms with Crippen LogP contribution in [0.25, 0.3) is 10.8 Å². The molecule has 3 nitrogen and oxygen atoms in total. The lowest BCUT2D eigenvalue weighted by Crippen LogP contribution is -2.35. The van der Waals surface area contributed by atoms with E-state index in [4.69, 9.17) is 0 Å². The molecule has 0 radical (unpaired) electrons. The summed E-state index contributed by atoms with van der Waals surface area (Å²) in [5.74, 6) is 0.622. The van der Waals surface area contributed by atoms with Crippen molar-refractivity contribution < 1.29 is 4.79 Å². The van der Waals surface area contributed by atoms with Crippen LogP contribution in [-0.4, -0.2) is 21.2 Å². The Kier molecular flexibility index (Phi) is 2.93. The van der Waals surface area contributed by atoms with Gasteiger partial charge in [0.25, 0.3) is 0 Å². The van der Waals surface area contributed by atoms with E-state index in [1.54, 1.807) is 18.0 Å². The molecule has 3 atom stereocenters. The van der Waals surface area contributed by atoms with Crippen molar-refractivity contribution in [1.82, 2.24) is 10.2 Å². The molecule has 2 aromatic rings. The topological polar surface area (TPSA) is 42.9 Å². The summed E-state index contributed by atoms with van der Waals surface area (Å²) in [6.07, 6.45) is 3.96. The summed E-state index contributed by atoms with van der Waals surface area (Å²) in [5.41, 5.74) is 0.137. The standard InChI is InChI=1S/C18H20N2OS/c1-17(2)13-8-9-18(17,3)15(14(13)21)22-16-12-7-5-4-6-11(12)10-19-20-16/h4-7,10,13,15H,8-9H2,1-3H3/t13-,15-,18-/m1/s1. The minimum Gasteiger partial charge on any atom is -0.298 e. The molecule has 1 aromatic carbocycles. The van der Waals surface area contributed by atoms with Gasteiger partial charge in [-0.3, -0.25) is 4.79 Å². The maximum Gasteiger partial charge on any atom is 0.150 e. The molecule has 2 bridgehead atoms. The molecule has 2 fully saturated rings. The van der Waals surface area contributed by atoms with Crippen LogP contribution in [0, 0.1) is 16.7 Å². The number of Topliss-reactive ketones (excluding diaryl/α,β-unsaturated/α-hetero) is 1. The predicted molar refractivity (Wildman–Crippen MR) is 88.8 cm³/mol. The maximum absolute atomic E-state index is 12.9. The molecule has 0 saturated heterocycles. The number of rotatable bonds is 2. The summed E-state index contributed by atoms with van der Waals surface area (Å²) >= 11 is 1.63. The van der Waals surface area contributed by atoms with Crippen molar-refractivity contribution in [2.75, 3.05) is 0 Å². The average Bonchev–Trinajstić information content (AvgIpc) is 2.81. The van der Waals surface area contributed by atoms with Crippen molar-refractivity contribution in [3.8, 4) is 0 Å². The van der Waals surface area contributed by atoms with Gasteiger partial charge in [0.05, 0.1) is 11.4 Å². The van der Waals surface area contributed by atoms with Crippen molar-refractivity contribution in [2.45, 2.75) is 43.9 Å². The van der Waals surface area contributed by atoms with Gasteiger partial charge in [0, 0.05) is 16.7 Å². The number of carbonyl (C=O) groups is 1. The molecule has 22 heavy (non-hydrogen) atoms. The number of carbonyl (C=O) groups excluding carboxylic acids is 1. The van der Waals surface area contributed by atoms with E-state index >= 15 is 0 Å². The van der Waals surface area contributed by atoms with Gasteiger partial charge in [-0.1, -0.05) is 56.8 Å². The van der Waals surface area contributed by atoms with Crippen LogP contribution in [0.15, 0.2) is 35.5 Å². The Morgan fingerprint density at radius 2 is 2.00 bits per heavy atom. The number of nitrogens with zero attached hydrogens (tertiary/aromatic N) is 2. The van der Waals surface area contributed by atoms with Crippen LogP contribution < -0.4 is 0 Å². The first kappa shape index (κ1) is 14.2. The summed E-state index contributed by atoms with van der Waals surface area (Å²) in [4.78, 5) is 12.9. The lowest BCUT2D eigenvalue weighted by Gasteiger charge is -2.37. The number of ketones is 1. The van der Waals surface area contributed by atoms with Crippen molar-refractivity contribution in [3.63, 3.8) is 0 Å². The summed E-state index contributed by atoms with van der Waals surface area (Å²) in [7, 11) is 0. The third-order valence-corrected chi connectivity index (χ3v) is 7.76. The molecule has 0 N–H and O–H groups in total. The number of hydrogen-bond acceptors (Lipinski definition) is 4. The van der Waals surface area contributed by atoms with Gasteiger partial charge >= 0.3 is 0 Å². The smallest absolute Gasteiger partial charge is 0.150 e. The first-order valence-electron chi connectivity index (χ1n) is 7.86. The molecule has 0 aliphatic heterocycles. The minimum absolute atomic E-state index is 0.00126. The normalized spacial score (nSPS) is 32.8. The Hall–Kier alpha value is -1.42. The van der Waals surface area contributed by atoms with E-state index in [1.807, 2.05) is 18.2 Å². The van der Waals surface area contributed by atoms with Crippen LogP contribution in [0.2, 0.25) is 0 Å². The second kappa shape index (κ2) is 4.54. The second-order valence-electron chi connectivity index (χ2n) is 7.37. The van der Waals surface area contributed by atoms with E-state index in [0.717, 1.165) is 28.6 Å². The third kappa shape index (κ3) is 1.67. The quantitative estimate of drug-likeness (QED) is 0.837. The number of benzene rings is 1. The van der Waals surface area contributed by atoms with Gasteiger partial charge in [-0.05, 0) is 23.7 Å². The monoisotopic (exact) mass is 312 g/mol. The molecule has 4 heteroatoms. The van der Waals surface area contributed by atoms with E-state index < -0.39 is 0 Å². The molecule has 1 heterocycles. The van der Waals surface area contributed by atoms with Gasteiger partial charge in [-0.15, -0.1) is 5.10 Å². The van der Waals surface area contributed by atoms with Crippen LogP contribution in [-0.2, 0) is 4.79 Å². The summed E-state index contributed by atoms with van der Waals surface area (Å²) < 4.78 is 0. The zero-order valence-electron chi connectivity index (χ0n) is 13.2. The molecule has 2 aliphatic rings. The van der Waals surface area contributed by atoms with Gasteiger partial charge in [-0.25, -0.2) is 0 Å². The highest BCUT2D eigenvalue weighted by atomic mass is 32.2. The first-order chi connectivity index (χ1) is 10.4. The molecule has 2 saturated carbocycles.